The molecule has 2 unspecified atom stereocenters. The first-order valence-corrected chi connectivity index (χ1v) is 6.85. The first-order chi connectivity index (χ1) is 8.59. The van der Waals surface area contributed by atoms with Crippen LogP contribution in [0, 0.1) is 5.41 Å². The summed E-state index contributed by atoms with van der Waals surface area (Å²) in [5.41, 5.74) is 2.46. The van der Waals surface area contributed by atoms with Gasteiger partial charge in [0.15, 0.2) is 0 Å². The molecule has 0 radical (unpaired) electrons. The molecule has 0 N–H and O–H groups in total. The van der Waals surface area contributed by atoms with Crippen molar-refractivity contribution in [1.82, 2.24) is 0 Å². The van der Waals surface area contributed by atoms with Crippen molar-refractivity contribution in [3.63, 3.8) is 0 Å². The van der Waals surface area contributed by atoms with Crippen molar-refractivity contribution in [2.24, 2.45) is 5.41 Å². The Bertz CT molecular complexity index is 476. The zero-order chi connectivity index (χ0) is 12.8. The Kier molecular flexibility index (Phi) is 2.78. The molecule has 1 aromatic rings. The van der Waals surface area contributed by atoms with Gasteiger partial charge in [-0.3, -0.25) is 4.79 Å². The summed E-state index contributed by atoms with van der Waals surface area (Å²) in [6, 6.07) is 8.55. The SMILES string of the molecule is CC1(C)C(=O)CC1OC1CCCc2ccccc21. The zero-order valence-corrected chi connectivity index (χ0v) is 11.1. The number of carbonyl (C=O) groups is 1. The van der Waals surface area contributed by atoms with Crippen LogP contribution in [0.3, 0.4) is 0 Å². The summed E-state index contributed by atoms with van der Waals surface area (Å²) in [6.45, 7) is 4.00. The molecular formula is C16H20O2. The molecule has 2 aliphatic rings. The van der Waals surface area contributed by atoms with Gasteiger partial charge in [-0.15, -0.1) is 0 Å². The summed E-state index contributed by atoms with van der Waals surface area (Å²) in [5.74, 6) is 0.330. The third-order valence-electron chi connectivity index (χ3n) is 4.54. The van der Waals surface area contributed by atoms with Crippen molar-refractivity contribution in [3.05, 3.63) is 35.4 Å². The Balaban J connectivity index is 1.77. The minimum absolute atomic E-state index is 0.0983. The van der Waals surface area contributed by atoms with E-state index in [4.69, 9.17) is 4.74 Å². The second-order valence-corrected chi connectivity index (χ2v) is 6.05. The Morgan fingerprint density at radius 1 is 1.28 bits per heavy atom. The number of benzene rings is 1. The van der Waals surface area contributed by atoms with Gasteiger partial charge < -0.3 is 4.74 Å². The highest BCUT2D eigenvalue weighted by molar-refractivity contribution is 5.91. The summed E-state index contributed by atoms with van der Waals surface area (Å²) in [5, 5.41) is 0. The van der Waals surface area contributed by atoms with Crippen molar-refractivity contribution in [1.29, 1.82) is 0 Å². The molecule has 2 heteroatoms. The third-order valence-corrected chi connectivity index (χ3v) is 4.54. The number of ether oxygens (including phenoxy) is 1. The molecule has 2 atom stereocenters. The van der Waals surface area contributed by atoms with Crippen molar-refractivity contribution in [2.45, 2.75) is 51.7 Å². The van der Waals surface area contributed by atoms with Crippen LogP contribution in [0.2, 0.25) is 0 Å². The van der Waals surface area contributed by atoms with Crippen molar-refractivity contribution >= 4 is 5.78 Å². The van der Waals surface area contributed by atoms with Crippen LogP contribution in [-0.4, -0.2) is 11.9 Å². The van der Waals surface area contributed by atoms with Crippen molar-refractivity contribution in [2.75, 3.05) is 0 Å². The van der Waals surface area contributed by atoms with E-state index in [1.807, 2.05) is 13.8 Å². The predicted octanol–water partition coefficient (Wildman–Crippen LogP) is 3.45. The van der Waals surface area contributed by atoms with Crippen LogP contribution < -0.4 is 0 Å². The quantitative estimate of drug-likeness (QED) is 0.796. The lowest BCUT2D eigenvalue weighted by Crippen LogP contribution is -2.51. The topological polar surface area (TPSA) is 26.3 Å². The van der Waals surface area contributed by atoms with Gasteiger partial charge in [-0.05, 0) is 30.4 Å². The fourth-order valence-electron chi connectivity index (χ4n) is 3.00. The van der Waals surface area contributed by atoms with Gasteiger partial charge >= 0.3 is 0 Å². The lowest BCUT2D eigenvalue weighted by atomic mass is 9.67. The highest BCUT2D eigenvalue weighted by Crippen LogP contribution is 2.43. The molecule has 3 rings (SSSR count). The molecular weight excluding hydrogens is 224 g/mol. The molecule has 1 aromatic carbocycles. The maximum Gasteiger partial charge on any atom is 0.143 e. The Labute approximate surface area is 108 Å². The molecule has 0 saturated heterocycles. The number of rotatable bonds is 2. The molecule has 0 spiro atoms. The number of carbonyl (C=O) groups excluding carboxylic acids is 1. The molecule has 0 heterocycles. The van der Waals surface area contributed by atoms with Gasteiger partial charge in [0.2, 0.25) is 0 Å². The molecule has 1 saturated carbocycles. The third kappa shape index (κ3) is 1.79. The molecule has 2 aliphatic carbocycles. The first-order valence-electron chi connectivity index (χ1n) is 6.85. The lowest BCUT2D eigenvalue weighted by Gasteiger charge is -2.44. The molecule has 1 fully saturated rings. The van der Waals surface area contributed by atoms with Crippen LogP contribution in [-0.2, 0) is 16.0 Å². The molecule has 18 heavy (non-hydrogen) atoms. The van der Waals surface area contributed by atoms with Gasteiger partial charge in [0.25, 0.3) is 0 Å². The van der Waals surface area contributed by atoms with E-state index in [0.29, 0.717) is 12.2 Å². The highest BCUT2D eigenvalue weighted by atomic mass is 16.5. The van der Waals surface area contributed by atoms with E-state index >= 15 is 0 Å². The average Bonchev–Trinajstić information content (AvgIpc) is 2.39. The Hall–Kier alpha value is -1.15. The summed E-state index contributed by atoms with van der Waals surface area (Å²) in [6.07, 6.45) is 4.29. The summed E-state index contributed by atoms with van der Waals surface area (Å²) in [4.78, 5) is 11.6. The van der Waals surface area contributed by atoms with E-state index in [1.165, 1.54) is 17.5 Å². The zero-order valence-electron chi connectivity index (χ0n) is 11.1. The smallest absolute Gasteiger partial charge is 0.143 e. The van der Waals surface area contributed by atoms with Gasteiger partial charge in [-0.2, -0.15) is 0 Å². The number of ketones is 1. The first kappa shape index (κ1) is 11.9. The van der Waals surface area contributed by atoms with Crippen LogP contribution in [0.4, 0.5) is 0 Å². The number of aryl methyl sites for hydroxylation is 1. The largest absolute Gasteiger partial charge is 0.369 e. The van der Waals surface area contributed by atoms with E-state index in [-0.39, 0.29) is 17.6 Å². The second-order valence-electron chi connectivity index (χ2n) is 6.05. The molecule has 0 aromatic heterocycles. The van der Waals surface area contributed by atoms with Crippen LogP contribution in [0.25, 0.3) is 0 Å². The van der Waals surface area contributed by atoms with Crippen molar-refractivity contribution < 1.29 is 9.53 Å². The number of hydrogen-bond acceptors (Lipinski definition) is 2. The average molecular weight is 244 g/mol. The summed E-state index contributed by atoms with van der Waals surface area (Å²) < 4.78 is 6.22. The highest BCUT2D eigenvalue weighted by Gasteiger charge is 2.49. The Morgan fingerprint density at radius 3 is 2.78 bits per heavy atom. The maximum atomic E-state index is 11.6. The molecule has 0 aliphatic heterocycles. The van der Waals surface area contributed by atoms with E-state index in [9.17, 15) is 4.79 Å². The standard InChI is InChI=1S/C16H20O2/c1-16(2)14(17)10-15(16)18-13-9-5-7-11-6-3-4-8-12(11)13/h3-4,6,8,13,15H,5,7,9-10H2,1-2H3. The number of fused-ring (bicyclic) bond motifs is 1. The van der Waals surface area contributed by atoms with E-state index in [0.717, 1.165) is 12.8 Å². The predicted molar refractivity (Wildman–Crippen MR) is 70.4 cm³/mol. The van der Waals surface area contributed by atoms with E-state index in [1.54, 1.807) is 0 Å². The normalized spacial score (nSPS) is 29.6. The van der Waals surface area contributed by atoms with Crippen LogP contribution >= 0.6 is 0 Å². The maximum absolute atomic E-state index is 11.6. The van der Waals surface area contributed by atoms with Gasteiger partial charge in [-0.1, -0.05) is 38.1 Å². The summed E-state index contributed by atoms with van der Waals surface area (Å²) in [7, 11) is 0. The van der Waals surface area contributed by atoms with Crippen molar-refractivity contribution in [3.8, 4) is 0 Å². The molecule has 0 bridgehead atoms. The fourth-order valence-corrected chi connectivity index (χ4v) is 3.00. The van der Waals surface area contributed by atoms with Gasteiger partial charge in [0, 0.05) is 6.42 Å². The molecule has 96 valence electrons. The van der Waals surface area contributed by atoms with Gasteiger partial charge in [0.1, 0.15) is 5.78 Å². The molecule has 0 amide bonds. The van der Waals surface area contributed by atoms with Crippen LogP contribution in [0.1, 0.15) is 50.3 Å². The number of hydrogen-bond donors (Lipinski definition) is 0. The monoisotopic (exact) mass is 244 g/mol. The lowest BCUT2D eigenvalue weighted by molar-refractivity contribution is -0.167. The van der Waals surface area contributed by atoms with E-state index in [2.05, 4.69) is 24.3 Å². The summed E-state index contributed by atoms with van der Waals surface area (Å²) >= 11 is 0. The minimum atomic E-state index is -0.285. The minimum Gasteiger partial charge on any atom is -0.369 e. The number of Topliss-reactive ketones (excluding diaryl/α,β-unsaturated/α-hetero) is 1. The Morgan fingerprint density at radius 2 is 2.06 bits per heavy atom. The van der Waals surface area contributed by atoms with Gasteiger partial charge in [-0.25, -0.2) is 0 Å². The van der Waals surface area contributed by atoms with Crippen LogP contribution in [0.15, 0.2) is 24.3 Å². The second kappa shape index (κ2) is 4.20. The van der Waals surface area contributed by atoms with Gasteiger partial charge in [0.05, 0.1) is 17.6 Å². The fraction of sp³-hybridized carbons (Fsp3) is 0.562. The van der Waals surface area contributed by atoms with Crippen LogP contribution in [0.5, 0.6) is 0 Å². The molecule has 2 nitrogen and oxygen atoms in total. The van der Waals surface area contributed by atoms with E-state index < -0.39 is 0 Å².